The van der Waals surface area contributed by atoms with Crippen molar-refractivity contribution in [3.63, 3.8) is 0 Å². The lowest BCUT2D eigenvalue weighted by Gasteiger charge is -2.24. The predicted molar refractivity (Wildman–Crippen MR) is 147 cm³/mol. The van der Waals surface area contributed by atoms with Crippen LogP contribution in [0.3, 0.4) is 0 Å². The molecular formula is C28H32N6O6. The third-order valence-electron chi connectivity index (χ3n) is 6.24. The van der Waals surface area contributed by atoms with E-state index in [1.54, 1.807) is 58.2 Å². The van der Waals surface area contributed by atoms with Gasteiger partial charge in [-0.3, -0.25) is 34.0 Å². The number of benzene rings is 1. The third kappa shape index (κ3) is 6.68. The number of pyridine rings is 1. The molecular weight excluding hydrogens is 516 g/mol. The molecule has 1 unspecified atom stereocenters. The van der Waals surface area contributed by atoms with Gasteiger partial charge in [-0.2, -0.15) is 0 Å². The molecule has 0 radical (unpaired) electrons. The first-order chi connectivity index (χ1) is 18.9. The van der Waals surface area contributed by atoms with Crippen molar-refractivity contribution in [1.29, 1.82) is 0 Å². The number of carbonyl (C=O) groups is 4. The summed E-state index contributed by atoms with van der Waals surface area (Å²) in [5.41, 5.74) is 0.764. The number of ether oxygens (including phenoxy) is 1. The summed E-state index contributed by atoms with van der Waals surface area (Å²) in [4.78, 5) is 70.9. The lowest BCUT2D eigenvalue weighted by molar-refractivity contribution is -0.135. The lowest BCUT2D eigenvalue weighted by atomic mass is 10.1. The summed E-state index contributed by atoms with van der Waals surface area (Å²) in [6.07, 6.45) is 4.15. The number of alkyl carbamates (subject to hydrolysis) is 1. The number of carbonyl (C=O) groups excluding carboxylic acids is 4. The summed E-state index contributed by atoms with van der Waals surface area (Å²) in [5.74, 6) is -1.05. The first-order valence-electron chi connectivity index (χ1n) is 13.0. The first-order valence-corrected chi connectivity index (χ1v) is 13.0. The average molecular weight is 549 g/mol. The van der Waals surface area contributed by atoms with E-state index in [0.29, 0.717) is 36.2 Å². The Morgan fingerprint density at radius 3 is 2.67 bits per heavy atom. The molecule has 1 saturated heterocycles. The minimum Gasteiger partial charge on any atom is -0.444 e. The van der Waals surface area contributed by atoms with E-state index in [0.717, 1.165) is 5.56 Å². The molecule has 1 fully saturated rings. The number of imide groups is 1. The molecule has 1 aromatic carbocycles. The number of nitrogens with zero attached hydrogens (tertiary/aromatic N) is 3. The Bertz CT molecular complexity index is 1540. The monoisotopic (exact) mass is 548 g/mol. The molecule has 3 aromatic rings. The Balaban J connectivity index is 1.47. The van der Waals surface area contributed by atoms with E-state index in [1.807, 2.05) is 0 Å². The van der Waals surface area contributed by atoms with Gasteiger partial charge in [0.25, 0.3) is 11.5 Å². The van der Waals surface area contributed by atoms with Gasteiger partial charge in [-0.05, 0) is 70.7 Å². The van der Waals surface area contributed by atoms with Crippen molar-refractivity contribution in [2.24, 2.45) is 0 Å². The van der Waals surface area contributed by atoms with E-state index in [4.69, 9.17) is 4.74 Å². The smallest absolute Gasteiger partial charge is 0.407 e. The number of hydrogen-bond donors (Lipinski definition) is 3. The van der Waals surface area contributed by atoms with Gasteiger partial charge in [-0.1, -0.05) is 6.07 Å². The maximum atomic E-state index is 13.4. The summed E-state index contributed by atoms with van der Waals surface area (Å²) in [6.45, 7) is 7.39. The van der Waals surface area contributed by atoms with Gasteiger partial charge in [0, 0.05) is 25.4 Å². The van der Waals surface area contributed by atoms with Gasteiger partial charge in [-0.15, -0.1) is 0 Å². The van der Waals surface area contributed by atoms with Gasteiger partial charge in [0.15, 0.2) is 0 Å². The van der Waals surface area contributed by atoms with Gasteiger partial charge < -0.3 is 15.4 Å². The van der Waals surface area contributed by atoms with Gasteiger partial charge in [0.1, 0.15) is 23.0 Å². The van der Waals surface area contributed by atoms with E-state index in [2.05, 4.69) is 25.9 Å². The van der Waals surface area contributed by atoms with Crippen molar-refractivity contribution < 1.29 is 23.9 Å². The molecule has 12 heteroatoms. The van der Waals surface area contributed by atoms with Crippen LogP contribution in [-0.2, 0) is 20.7 Å². The number of rotatable bonds is 7. The summed E-state index contributed by atoms with van der Waals surface area (Å²) in [6, 6.07) is 5.72. The second-order valence-corrected chi connectivity index (χ2v) is 10.6. The van der Waals surface area contributed by atoms with Crippen LogP contribution in [0.4, 0.5) is 10.5 Å². The molecule has 1 atom stereocenters. The average Bonchev–Trinajstić information content (AvgIpc) is 2.87. The Morgan fingerprint density at radius 1 is 1.18 bits per heavy atom. The molecule has 40 heavy (non-hydrogen) atoms. The van der Waals surface area contributed by atoms with Crippen LogP contribution < -0.4 is 21.5 Å². The molecule has 12 nitrogen and oxygen atoms in total. The quantitative estimate of drug-likeness (QED) is 0.300. The number of piperidine rings is 1. The van der Waals surface area contributed by atoms with Crippen molar-refractivity contribution in [3.05, 3.63) is 64.0 Å². The zero-order valence-corrected chi connectivity index (χ0v) is 22.9. The number of fused-ring (bicyclic) bond motifs is 1. The minimum atomic E-state index is -0.839. The Labute approximate surface area is 230 Å². The normalized spacial score (nSPS) is 15.4. The molecule has 0 spiro atoms. The summed E-state index contributed by atoms with van der Waals surface area (Å²) in [5, 5.41) is 8.02. The van der Waals surface area contributed by atoms with E-state index >= 15 is 0 Å². The first kappa shape index (κ1) is 28.4. The van der Waals surface area contributed by atoms with Crippen LogP contribution in [0.1, 0.15) is 67.8 Å². The lowest BCUT2D eigenvalue weighted by Crippen LogP contribution is -2.45. The summed E-state index contributed by atoms with van der Waals surface area (Å²) >= 11 is 0. The van der Waals surface area contributed by atoms with Crippen LogP contribution in [0.25, 0.3) is 10.9 Å². The number of anilines is 1. The maximum Gasteiger partial charge on any atom is 0.407 e. The molecule has 2 aromatic heterocycles. The topological polar surface area (TPSA) is 161 Å². The van der Waals surface area contributed by atoms with Gasteiger partial charge in [0.05, 0.1) is 16.6 Å². The van der Waals surface area contributed by atoms with E-state index in [9.17, 15) is 24.0 Å². The number of aromatic nitrogens is 3. The van der Waals surface area contributed by atoms with Crippen molar-refractivity contribution in [2.75, 3.05) is 11.9 Å². The largest absolute Gasteiger partial charge is 0.444 e. The molecule has 0 bridgehead atoms. The van der Waals surface area contributed by atoms with Crippen LogP contribution in [0.2, 0.25) is 0 Å². The zero-order chi connectivity index (χ0) is 29.0. The number of amides is 4. The summed E-state index contributed by atoms with van der Waals surface area (Å²) < 4.78 is 6.51. The van der Waals surface area contributed by atoms with Crippen molar-refractivity contribution in [1.82, 2.24) is 25.2 Å². The van der Waals surface area contributed by atoms with Crippen molar-refractivity contribution in [3.8, 4) is 0 Å². The fourth-order valence-electron chi connectivity index (χ4n) is 4.47. The second-order valence-electron chi connectivity index (χ2n) is 10.6. The van der Waals surface area contributed by atoms with Crippen LogP contribution in [0.15, 0.2) is 41.5 Å². The zero-order valence-electron chi connectivity index (χ0n) is 22.9. The van der Waals surface area contributed by atoms with Crippen LogP contribution in [-0.4, -0.2) is 50.5 Å². The van der Waals surface area contributed by atoms with E-state index in [1.165, 1.54) is 10.8 Å². The van der Waals surface area contributed by atoms with E-state index < -0.39 is 35.1 Å². The highest BCUT2D eigenvalue weighted by Gasteiger charge is 2.30. The Hall–Kier alpha value is -4.61. The van der Waals surface area contributed by atoms with Crippen molar-refractivity contribution in [2.45, 2.75) is 65.0 Å². The molecule has 210 valence electrons. The standard InChI is InChI=1S/C28H32N6O6/c1-16-31-23-19(26(38)34(16)21-10-11-22(35)33-25(21)37)8-5-9-20(23)32-24(36)18-13-17(14-29-15-18)7-6-12-30-27(39)40-28(2,3)4/h5,8-9,13-15,21H,6-7,10-12H2,1-4H3,(H,30,39)(H,32,36)(H,33,35,37). The molecule has 1 aliphatic heterocycles. The Kier molecular flexibility index (Phi) is 8.26. The second kappa shape index (κ2) is 11.6. The third-order valence-corrected chi connectivity index (χ3v) is 6.24. The van der Waals surface area contributed by atoms with Crippen LogP contribution in [0, 0.1) is 6.92 Å². The fraction of sp³-hybridized carbons (Fsp3) is 0.393. The number of aryl methyl sites for hydroxylation is 2. The molecule has 0 aliphatic carbocycles. The number of hydrogen-bond acceptors (Lipinski definition) is 8. The minimum absolute atomic E-state index is 0.129. The van der Waals surface area contributed by atoms with Gasteiger partial charge in [0.2, 0.25) is 11.8 Å². The number of para-hydroxylation sites is 1. The van der Waals surface area contributed by atoms with Crippen LogP contribution >= 0.6 is 0 Å². The molecule has 1 aliphatic rings. The molecule has 0 saturated carbocycles. The Morgan fingerprint density at radius 2 is 1.95 bits per heavy atom. The number of nitrogens with one attached hydrogen (secondary N) is 3. The van der Waals surface area contributed by atoms with Gasteiger partial charge >= 0.3 is 6.09 Å². The highest BCUT2D eigenvalue weighted by atomic mass is 16.6. The molecule has 3 N–H and O–H groups in total. The fourth-order valence-corrected chi connectivity index (χ4v) is 4.47. The molecule has 4 amide bonds. The molecule has 3 heterocycles. The van der Waals surface area contributed by atoms with Crippen LogP contribution in [0.5, 0.6) is 0 Å². The molecule has 4 rings (SSSR count). The SMILES string of the molecule is Cc1nc2c(NC(=O)c3cncc(CCCNC(=O)OC(C)(C)C)c3)cccc2c(=O)n1C1CCC(=O)NC1=O. The van der Waals surface area contributed by atoms with Crippen molar-refractivity contribution >= 4 is 40.4 Å². The van der Waals surface area contributed by atoms with Gasteiger partial charge in [-0.25, -0.2) is 9.78 Å². The maximum absolute atomic E-state index is 13.4. The summed E-state index contributed by atoms with van der Waals surface area (Å²) in [7, 11) is 0. The highest BCUT2D eigenvalue weighted by molar-refractivity contribution is 6.08. The van der Waals surface area contributed by atoms with E-state index in [-0.39, 0.29) is 30.0 Å². The highest BCUT2D eigenvalue weighted by Crippen LogP contribution is 2.24. The predicted octanol–water partition coefficient (Wildman–Crippen LogP) is 2.79.